The molecule has 0 aromatic carbocycles. The number of nitrogen functional groups attached to an aromatic ring is 1. The lowest BCUT2D eigenvalue weighted by Crippen LogP contribution is -2.46. The Morgan fingerprint density at radius 2 is 1.78 bits per heavy atom. The molecule has 2 amide bonds. The number of carbonyl (C=O) groups is 2. The number of rotatable bonds is 24. The molecule has 0 aliphatic carbocycles. The second-order valence-electron chi connectivity index (χ2n) is 14.7. The summed E-state index contributed by atoms with van der Waals surface area (Å²) in [4.78, 5) is 86.3. The van der Waals surface area contributed by atoms with E-state index >= 15 is 0 Å². The Kier molecular flexibility index (Phi) is 18.1. The van der Waals surface area contributed by atoms with E-state index in [0.717, 1.165) is 41.4 Å². The van der Waals surface area contributed by atoms with E-state index in [2.05, 4.69) is 76.2 Å². The third-order valence-corrected chi connectivity index (χ3v) is 14.3. The number of hydrogen-bond donors (Lipinski definition) is 5. The number of amides is 2. The number of unbranched alkanes of at least 4 members (excludes halogenated alkanes) is 1. The third-order valence-electron chi connectivity index (χ3n) is 8.80. The number of aliphatic hydroxyl groups excluding tert-OH is 2. The Hall–Kier alpha value is -2.50. The standard InChI is InChI=1S/C32H56N7O16P3S/c1-8-9-10-21(4)59(16-20(2)3)14-13-34-23(40)11-12-35-30(43)27(42)31(5,6)17-52-58(49,50)55-57(47,48)51-15-22-25(54-56(44,45)46)26(41)32(7,53-22)39-19-38-24-28(33)36-18-37-29(24)39/h16,18-20,22,25-27,41-42H,4,8-15,17H2,1-3,5-7H3,(H,34,40)(H,35,43)(H,47,48)(H,49,50)(H2,33,36,37)(H2,44,45,46)/p-4. The molecule has 8 unspecified atom stereocenters. The summed E-state index contributed by atoms with van der Waals surface area (Å²) < 4.78 is 61.4. The number of aliphatic hydroxyl groups is 2. The number of phosphoric ester groups is 3. The van der Waals surface area contributed by atoms with Gasteiger partial charge in [0.2, 0.25) is 11.8 Å². The summed E-state index contributed by atoms with van der Waals surface area (Å²) in [6.45, 7) is 12.1. The summed E-state index contributed by atoms with van der Waals surface area (Å²) in [7, 11) is -17.8. The number of aromatic nitrogens is 4. The molecule has 0 radical (unpaired) electrons. The lowest BCUT2D eigenvalue weighted by Gasteiger charge is -2.36. The second kappa shape index (κ2) is 21.0. The molecular formula is C32H52N7O16P3S-4. The van der Waals surface area contributed by atoms with Crippen LogP contribution in [0.2, 0.25) is 0 Å². The van der Waals surface area contributed by atoms with Crippen LogP contribution in [0.1, 0.15) is 67.2 Å². The molecule has 1 saturated heterocycles. The topological polar surface area (TPSA) is 358 Å². The molecule has 1 aliphatic heterocycles. The van der Waals surface area contributed by atoms with Crippen molar-refractivity contribution in [3.8, 4) is 0 Å². The first-order valence-corrected chi connectivity index (χ1v) is 24.1. The molecule has 336 valence electrons. The molecular weight excluding hydrogens is 863 g/mol. The molecule has 0 spiro atoms. The van der Waals surface area contributed by atoms with Crippen LogP contribution in [0.3, 0.4) is 0 Å². The smallest absolute Gasteiger partial charge is 0.274 e. The van der Waals surface area contributed by atoms with Crippen LogP contribution in [0, 0.1) is 11.3 Å². The number of nitrogens with zero attached hydrogens (tertiary/aromatic N) is 4. The van der Waals surface area contributed by atoms with Gasteiger partial charge in [-0.15, -0.1) is 0 Å². The Bertz CT molecular complexity index is 1980. The van der Waals surface area contributed by atoms with Crippen molar-refractivity contribution < 1.29 is 75.7 Å². The maximum Gasteiger partial charge on any atom is 0.274 e. The monoisotopic (exact) mass is 915 g/mol. The predicted octanol–water partition coefficient (Wildman–Crippen LogP) is -0.518. The average Bonchev–Trinajstić information content (AvgIpc) is 3.67. The Morgan fingerprint density at radius 3 is 2.41 bits per heavy atom. The number of hydrogen-bond acceptors (Lipinski definition) is 20. The zero-order chi connectivity index (χ0) is 44.6. The second-order valence-corrected chi connectivity index (χ2v) is 20.9. The largest absolute Gasteiger partial charge is 0.790 e. The maximum absolute atomic E-state index is 12.7. The molecule has 1 fully saturated rings. The van der Waals surface area contributed by atoms with Crippen LogP contribution >= 0.6 is 34.0 Å². The quantitative estimate of drug-likeness (QED) is 0.0653. The SMILES string of the molecule is C=C(CCCC)/S(=C/C(C)C)CCNC(=O)CCNC(=O)C(O)C(C)(C)COP(=O)([O-])OP(=O)([O-])OCC1OC(C)(n2cnc3c(N)ncnc32)C(O)C1OP(=O)([O-])[O-]. The van der Waals surface area contributed by atoms with Crippen molar-refractivity contribution in [1.82, 2.24) is 30.2 Å². The van der Waals surface area contributed by atoms with Crippen LogP contribution in [0.25, 0.3) is 11.2 Å². The fourth-order valence-corrected chi connectivity index (χ4v) is 10.4. The van der Waals surface area contributed by atoms with Gasteiger partial charge in [-0.1, -0.05) is 53.0 Å². The summed E-state index contributed by atoms with van der Waals surface area (Å²) in [6.07, 6.45) is -2.95. The molecule has 27 heteroatoms. The summed E-state index contributed by atoms with van der Waals surface area (Å²) in [6, 6.07) is 0. The van der Waals surface area contributed by atoms with Gasteiger partial charge in [0.1, 0.15) is 36.3 Å². The fourth-order valence-electron chi connectivity index (χ4n) is 5.67. The number of allylic oxidation sites excluding steroid dienone is 1. The molecule has 6 N–H and O–H groups in total. The first-order valence-electron chi connectivity index (χ1n) is 18.3. The van der Waals surface area contributed by atoms with Gasteiger partial charge in [-0.05, 0) is 30.6 Å². The minimum absolute atomic E-state index is 0.0251. The maximum atomic E-state index is 12.7. The van der Waals surface area contributed by atoms with Gasteiger partial charge in [-0.2, -0.15) is 10.5 Å². The zero-order valence-corrected chi connectivity index (χ0v) is 36.9. The lowest BCUT2D eigenvalue weighted by molar-refractivity contribution is -0.347. The van der Waals surface area contributed by atoms with Gasteiger partial charge < -0.3 is 69.0 Å². The zero-order valence-electron chi connectivity index (χ0n) is 33.4. The number of phosphoric acid groups is 3. The number of carbonyl (C=O) groups excluding carboxylic acids is 2. The Labute approximate surface area is 343 Å². The van der Waals surface area contributed by atoms with Gasteiger partial charge in [0.05, 0.1) is 27.4 Å². The van der Waals surface area contributed by atoms with Crippen molar-refractivity contribution in [2.45, 2.75) is 97.4 Å². The van der Waals surface area contributed by atoms with Crippen LogP contribution in [0.5, 0.6) is 0 Å². The van der Waals surface area contributed by atoms with E-state index in [1.807, 2.05) is 0 Å². The minimum Gasteiger partial charge on any atom is -0.790 e. The molecule has 23 nitrogen and oxygen atoms in total. The summed E-state index contributed by atoms with van der Waals surface area (Å²) in [5.74, 6) is -0.367. The minimum atomic E-state index is -5.93. The molecule has 2 aromatic heterocycles. The van der Waals surface area contributed by atoms with Gasteiger partial charge in [0.25, 0.3) is 15.6 Å². The predicted molar refractivity (Wildman–Crippen MR) is 207 cm³/mol. The van der Waals surface area contributed by atoms with E-state index < -0.39 is 78.1 Å². The summed E-state index contributed by atoms with van der Waals surface area (Å²) >= 11 is 0. The van der Waals surface area contributed by atoms with Crippen molar-refractivity contribution >= 4 is 68.1 Å². The van der Waals surface area contributed by atoms with E-state index in [4.69, 9.17) is 10.5 Å². The Morgan fingerprint density at radius 1 is 1.12 bits per heavy atom. The van der Waals surface area contributed by atoms with Crippen LogP contribution in [0.4, 0.5) is 5.82 Å². The molecule has 59 heavy (non-hydrogen) atoms. The van der Waals surface area contributed by atoms with Crippen LogP contribution in [-0.2, 0) is 51.6 Å². The van der Waals surface area contributed by atoms with E-state index in [0.29, 0.717) is 18.2 Å². The summed E-state index contributed by atoms with van der Waals surface area (Å²) in [5, 5.41) is 29.1. The lowest BCUT2D eigenvalue weighted by atomic mass is 9.87. The molecule has 3 rings (SSSR count). The number of ether oxygens (including phenoxy) is 1. The van der Waals surface area contributed by atoms with Crippen molar-refractivity contribution in [2.75, 3.05) is 37.8 Å². The van der Waals surface area contributed by atoms with Gasteiger partial charge in [0, 0.05) is 30.7 Å². The molecule has 0 saturated carbocycles. The van der Waals surface area contributed by atoms with Crippen molar-refractivity contribution in [3.05, 3.63) is 24.1 Å². The molecule has 2 aromatic rings. The highest BCUT2D eigenvalue weighted by atomic mass is 32.2. The van der Waals surface area contributed by atoms with Crippen molar-refractivity contribution in [1.29, 1.82) is 0 Å². The highest BCUT2D eigenvalue weighted by Crippen LogP contribution is 2.56. The molecule has 3 heterocycles. The van der Waals surface area contributed by atoms with Crippen LogP contribution in [0.15, 0.2) is 24.1 Å². The number of fused-ring (bicyclic) bond motifs is 1. The van der Waals surface area contributed by atoms with E-state index in [1.165, 1.54) is 20.8 Å². The third kappa shape index (κ3) is 14.8. The number of anilines is 1. The average molecular weight is 916 g/mol. The highest BCUT2D eigenvalue weighted by molar-refractivity contribution is 8.18. The molecule has 1 aliphatic rings. The normalized spacial score (nSPS) is 23.2. The van der Waals surface area contributed by atoms with E-state index in [9.17, 15) is 53.1 Å². The fraction of sp³-hybridized carbons (Fsp3) is 0.688. The van der Waals surface area contributed by atoms with Crippen molar-refractivity contribution in [2.24, 2.45) is 11.3 Å². The van der Waals surface area contributed by atoms with Crippen LogP contribution in [-0.4, -0.2) is 103 Å². The van der Waals surface area contributed by atoms with Crippen molar-refractivity contribution in [3.63, 3.8) is 0 Å². The van der Waals surface area contributed by atoms with E-state index in [1.54, 1.807) is 0 Å². The van der Waals surface area contributed by atoms with Gasteiger partial charge in [-0.3, -0.25) is 23.3 Å². The van der Waals surface area contributed by atoms with E-state index in [-0.39, 0.29) is 46.3 Å². The van der Waals surface area contributed by atoms with Gasteiger partial charge >= 0.3 is 0 Å². The van der Waals surface area contributed by atoms with Gasteiger partial charge in [0.15, 0.2) is 17.2 Å². The van der Waals surface area contributed by atoms with Gasteiger partial charge in [-0.25, -0.2) is 19.3 Å². The first kappa shape index (κ1) is 50.9. The highest BCUT2D eigenvalue weighted by Gasteiger charge is 2.55. The number of imidazole rings is 1. The summed E-state index contributed by atoms with van der Waals surface area (Å²) in [5.41, 5.74) is 2.08. The van der Waals surface area contributed by atoms with Crippen LogP contribution < -0.4 is 35.9 Å². The number of nitrogens with one attached hydrogen (secondary N) is 2. The molecule has 0 bridgehead atoms. The molecule has 8 atom stereocenters. The Balaban J connectivity index is 1.53. The first-order chi connectivity index (χ1) is 27.2. The number of nitrogens with two attached hydrogens (primary N) is 1.